The summed E-state index contributed by atoms with van der Waals surface area (Å²) >= 11 is 4.95. The van der Waals surface area contributed by atoms with Crippen molar-refractivity contribution in [2.75, 3.05) is 5.32 Å². The molecule has 0 saturated carbocycles. The van der Waals surface area contributed by atoms with Crippen molar-refractivity contribution >= 4 is 44.9 Å². The number of halogens is 1. The summed E-state index contributed by atoms with van der Waals surface area (Å²) in [6, 6.07) is 11.2. The van der Waals surface area contributed by atoms with E-state index in [9.17, 15) is 4.79 Å². The highest BCUT2D eigenvalue weighted by molar-refractivity contribution is 9.11. The van der Waals surface area contributed by atoms with Gasteiger partial charge in [0.15, 0.2) is 5.82 Å². The molecule has 116 valence electrons. The zero-order valence-electron chi connectivity index (χ0n) is 12.1. The van der Waals surface area contributed by atoms with Crippen LogP contribution in [0.4, 0.5) is 5.69 Å². The Balaban J connectivity index is 1.72. The van der Waals surface area contributed by atoms with Crippen molar-refractivity contribution in [2.45, 2.75) is 6.92 Å². The molecule has 8 heteroatoms. The molecule has 0 atom stereocenters. The molecule has 0 bridgehead atoms. The number of aryl methyl sites for hydroxylation is 1. The Morgan fingerprint density at radius 3 is 2.91 bits per heavy atom. The number of tetrazole rings is 1. The number of rotatable bonds is 4. The molecule has 0 fully saturated rings. The predicted molar refractivity (Wildman–Crippen MR) is 93.6 cm³/mol. The number of amides is 1. The molecule has 23 heavy (non-hydrogen) atoms. The highest BCUT2D eigenvalue weighted by Crippen LogP contribution is 2.23. The monoisotopic (exact) mass is 389 g/mol. The summed E-state index contributed by atoms with van der Waals surface area (Å²) in [7, 11) is 0. The van der Waals surface area contributed by atoms with Gasteiger partial charge in [0.25, 0.3) is 0 Å². The SMILES string of the molecule is Cc1nnnn1-c1cccc(NC(=O)C=Cc2ccc(Br)s2)c1. The first-order valence-corrected chi connectivity index (χ1v) is 8.32. The number of carbonyl (C=O) groups excluding carboxylic acids is 1. The van der Waals surface area contributed by atoms with E-state index in [1.165, 1.54) is 6.08 Å². The minimum Gasteiger partial charge on any atom is -0.322 e. The maximum atomic E-state index is 12.0. The molecule has 2 heterocycles. The van der Waals surface area contributed by atoms with Gasteiger partial charge in [0.1, 0.15) is 0 Å². The second kappa shape index (κ2) is 6.84. The maximum absolute atomic E-state index is 12.0. The van der Waals surface area contributed by atoms with Gasteiger partial charge in [-0.1, -0.05) is 6.07 Å². The first-order valence-electron chi connectivity index (χ1n) is 6.71. The Hall–Kier alpha value is -2.32. The molecule has 0 spiro atoms. The third-order valence-electron chi connectivity index (χ3n) is 2.98. The van der Waals surface area contributed by atoms with Crippen LogP contribution in [0.5, 0.6) is 0 Å². The number of aromatic nitrogens is 4. The fourth-order valence-corrected chi connectivity index (χ4v) is 3.27. The van der Waals surface area contributed by atoms with Crippen LogP contribution < -0.4 is 5.32 Å². The van der Waals surface area contributed by atoms with Crippen molar-refractivity contribution in [1.29, 1.82) is 0 Å². The van der Waals surface area contributed by atoms with Crippen molar-refractivity contribution in [3.05, 3.63) is 57.0 Å². The summed E-state index contributed by atoms with van der Waals surface area (Å²) in [5.41, 5.74) is 1.47. The van der Waals surface area contributed by atoms with Crippen LogP contribution >= 0.6 is 27.3 Å². The Kier molecular flexibility index (Phi) is 4.63. The average molecular weight is 390 g/mol. The average Bonchev–Trinajstić information content (AvgIpc) is 3.14. The summed E-state index contributed by atoms with van der Waals surface area (Å²) in [6.45, 7) is 1.81. The molecule has 1 N–H and O–H groups in total. The fraction of sp³-hybridized carbons (Fsp3) is 0.0667. The van der Waals surface area contributed by atoms with Crippen LogP contribution in [-0.4, -0.2) is 26.1 Å². The number of benzene rings is 1. The van der Waals surface area contributed by atoms with E-state index in [0.29, 0.717) is 11.5 Å². The van der Waals surface area contributed by atoms with E-state index in [0.717, 1.165) is 14.4 Å². The van der Waals surface area contributed by atoms with E-state index in [4.69, 9.17) is 0 Å². The highest BCUT2D eigenvalue weighted by atomic mass is 79.9. The molecule has 0 radical (unpaired) electrons. The van der Waals surface area contributed by atoms with Gasteiger partial charge >= 0.3 is 0 Å². The van der Waals surface area contributed by atoms with Crippen molar-refractivity contribution < 1.29 is 4.79 Å². The maximum Gasteiger partial charge on any atom is 0.248 e. The van der Waals surface area contributed by atoms with Gasteiger partial charge < -0.3 is 5.32 Å². The lowest BCUT2D eigenvalue weighted by molar-refractivity contribution is -0.111. The van der Waals surface area contributed by atoms with E-state index in [1.807, 2.05) is 43.3 Å². The predicted octanol–water partition coefficient (Wildman–Crippen LogP) is 3.45. The molecule has 0 aliphatic rings. The van der Waals surface area contributed by atoms with Crippen LogP contribution in [0.1, 0.15) is 10.7 Å². The molecule has 6 nitrogen and oxygen atoms in total. The lowest BCUT2D eigenvalue weighted by Gasteiger charge is -2.06. The second-order valence-electron chi connectivity index (χ2n) is 4.65. The third kappa shape index (κ3) is 3.91. The Labute approximate surface area is 145 Å². The number of nitrogens with zero attached hydrogens (tertiary/aromatic N) is 4. The van der Waals surface area contributed by atoms with Gasteiger partial charge in [-0.05, 0) is 69.7 Å². The van der Waals surface area contributed by atoms with E-state index < -0.39 is 0 Å². The zero-order chi connectivity index (χ0) is 16.2. The Bertz CT molecular complexity index is 870. The summed E-state index contributed by atoms with van der Waals surface area (Å²) in [4.78, 5) is 13.0. The first-order chi connectivity index (χ1) is 11.1. The van der Waals surface area contributed by atoms with Gasteiger partial charge in [0.05, 0.1) is 9.47 Å². The molecule has 0 aliphatic carbocycles. The highest BCUT2D eigenvalue weighted by Gasteiger charge is 2.05. The molecular formula is C15H12BrN5OS. The van der Waals surface area contributed by atoms with Gasteiger partial charge in [-0.15, -0.1) is 16.4 Å². The topological polar surface area (TPSA) is 72.7 Å². The standard InChI is InChI=1S/C15H12BrN5OS/c1-10-18-19-20-21(10)12-4-2-3-11(9-12)17-15(22)8-6-13-5-7-14(16)23-13/h2-9H,1H3,(H,17,22). The fourth-order valence-electron chi connectivity index (χ4n) is 1.95. The molecule has 2 aromatic heterocycles. The minimum absolute atomic E-state index is 0.194. The largest absolute Gasteiger partial charge is 0.322 e. The van der Waals surface area contributed by atoms with Crippen LogP contribution in [-0.2, 0) is 4.79 Å². The van der Waals surface area contributed by atoms with Gasteiger partial charge in [-0.2, -0.15) is 4.68 Å². The molecule has 1 aromatic carbocycles. The summed E-state index contributed by atoms with van der Waals surface area (Å²) in [5, 5.41) is 14.2. The second-order valence-corrected chi connectivity index (χ2v) is 7.15. The zero-order valence-corrected chi connectivity index (χ0v) is 14.5. The Morgan fingerprint density at radius 2 is 2.22 bits per heavy atom. The van der Waals surface area contributed by atoms with Gasteiger partial charge in [0, 0.05) is 16.6 Å². The van der Waals surface area contributed by atoms with Gasteiger partial charge in [-0.25, -0.2) is 0 Å². The Morgan fingerprint density at radius 1 is 1.35 bits per heavy atom. The first kappa shape index (κ1) is 15.6. The van der Waals surface area contributed by atoms with Gasteiger partial charge in [0.2, 0.25) is 5.91 Å². The molecule has 3 rings (SSSR count). The van der Waals surface area contributed by atoms with E-state index in [1.54, 1.807) is 22.1 Å². The molecule has 0 unspecified atom stereocenters. The lowest BCUT2D eigenvalue weighted by Crippen LogP contribution is -2.08. The van der Waals surface area contributed by atoms with Crippen molar-refractivity contribution in [3.63, 3.8) is 0 Å². The van der Waals surface area contributed by atoms with Gasteiger partial charge in [-0.3, -0.25) is 4.79 Å². The number of hydrogen-bond acceptors (Lipinski definition) is 5. The molecule has 0 saturated heterocycles. The molecular weight excluding hydrogens is 378 g/mol. The number of anilines is 1. The number of nitrogens with one attached hydrogen (secondary N) is 1. The van der Waals surface area contributed by atoms with Crippen LogP contribution in [0.15, 0.2) is 46.3 Å². The van der Waals surface area contributed by atoms with Crippen molar-refractivity contribution in [2.24, 2.45) is 0 Å². The van der Waals surface area contributed by atoms with E-state index in [2.05, 4.69) is 36.8 Å². The molecule has 0 aliphatic heterocycles. The van der Waals surface area contributed by atoms with Crippen molar-refractivity contribution in [3.8, 4) is 5.69 Å². The van der Waals surface area contributed by atoms with Crippen LogP contribution in [0, 0.1) is 6.92 Å². The van der Waals surface area contributed by atoms with E-state index >= 15 is 0 Å². The summed E-state index contributed by atoms with van der Waals surface area (Å²) in [6.07, 6.45) is 3.29. The van der Waals surface area contributed by atoms with Crippen LogP contribution in [0.25, 0.3) is 11.8 Å². The molecule has 1 amide bonds. The number of carbonyl (C=O) groups is 1. The molecule has 3 aromatic rings. The quantitative estimate of drug-likeness (QED) is 0.693. The normalized spacial score (nSPS) is 11.0. The van der Waals surface area contributed by atoms with Crippen molar-refractivity contribution in [1.82, 2.24) is 20.2 Å². The lowest BCUT2D eigenvalue weighted by atomic mass is 10.2. The number of hydrogen-bond donors (Lipinski definition) is 1. The smallest absolute Gasteiger partial charge is 0.248 e. The van der Waals surface area contributed by atoms with Crippen LogP contribution in [0.2, 0.25) is 0 Å². The summed E-state index contributed by atoms with van der Waals surface area (Å²) in [5.74, 6) is 0.483. The number of thiophene rings is 1. The third-order valence-corrected chi connectivity index (χ3v) is 4.57. The van der Waals surface area contributed by atoms with E-state index in [-0.39, 0.29) is 5.91 Å². The minimum atomic E-state index is -0.194. The van der Waals surface area contributed by atoms with Crippen LogP contribution in [0.3, 0.4) is 0 Å². The summed E-state index contributed by atoms with van der Waals surface area (Å²) < 4.78 is 2.64.